The Morgan fingerprint density at radius 1 is 0.724 bits per heavy atom. The van der Waals surface area contributed by atoms with Gasteiger partial charge in [0, 0.05) is 12.2 Å². The second-order valence-electron chi connectivity index (χ2n) is 7.28. The number of carbonyl (C=O) groups excluding carboxylic acids is 1. The van der Waals surface area contributed by atoms with Gasteiger partial charge >= 0.3 is 11.9 Å². The van der Waals surface area contributed by atoms with Crippen molar-refractivity contribution in [2.45, 2.75) is 66.2 Å². The number of hydrogen-bond acceptors (Lipinski definition) is 4. The molecule has 2 N–H and O–H groups in total. The molecule has 0 heterocycles. The van der Waals surface area contributed by atoms with Gasteiger partial charge in [-0.25, -0.2) is 9.59 Å². The zero-order chi connectivity index (χ0) is 22.1. The van der Waals surface area contributed by atoms with E-state index in [0.717, 1.165) is 56.3 Å². The number of allylic oxidation sites excluding steroid dienone is 6. The van der Waals surface area contributed by atoms with E-state index in [4.69, 9.17) is 14.9 Å². The summed E-state index contributed by atoms with van der Waals surface area (Å²) in [5, 5.41) is 17.3. The maximum atomic E-state index is 11.3. The van der Waals surface area contributed by atoms with E-state index in [1.807, 2.05) is 26.0 Å². The average molecular weight is 405 g/mol. The highest BCUT2D eigenvalue weighted by Crippen LogP contribution is 2.13. The molecule has 0 radical (unpaired) electrons. The van der Waals surface area contributed by atoms with E-state index in [1.54, 1.807) is 0 Å². The Morgan fingerprint density at radius 2 is 1.17 bits per heavy atom. The number of esters is 1. The van der Waals surface area contributed by atoms with Crippen LogP contribution in [0.15, 0.2) is 58.7 Å². The van der Waals surface area contributed by atoms with E-state index in [2.05, 4.69) is 26.0 Å². The highest BCUT2D eigenvalue weighted by atomic mass is 16.5. The summed E-state index contributed by atoms with van der Waals surface area (Å²) in [6.07, 6.45) is 16.0. The molecule has 0 aromatic heterocycles. The van der Waals surface area contributed by atoms with E-state index < -0.39 is 11.9 Å². The second kappa shape index (κ2) is 16.5. The molecule has 0 amide bonds. The summed E-state index contributed by atoms with van der Waals surface area (Å²) in [7, 11) is 0. The SMILES string of the molecule is C/C(=C\CO)CC/C=C(\C)CC/C=C(\C)CC/C=C(\C)COC(=O)/C=C/C(=O)O. The summed E-state index contributed by atoms with van der Waals surface area (Å²) in [5.74, 6) is -1.83. The minimum atomic E-state index is -1.17. The van der Waals surface area contributed by atoms with Crippen LogP contribution in [-0.4, -0.2) is 35.4 Å². The maximum absolute atomic E-state index is 11.3. The Balaban J connectivity index is 4.11. The molecule has 5 heteroatoms. The molecule has 5 nitrogen and oxygen atoms in total. The molecule has 29 heavy (non-hydrogen) atoms. The molecule has 0 aromatic carbocycles. The van der Waals surface area contributed by atoms with Gasteiger partial charge in [-0.05, 0) is 71.8 Å². The first-order valence-corrected chi connectivity index (χ1v) is 10.1. The smallest absolute Gasteiger partial charge is 0.331 e. The van der Waals surface area contributed by atoms with Crippen LogP contribution < -0.4 is 0 Å². The summed E-state index contributed by atoms with van der Waals surface area (Å²) in [6, 6.07) is 0. The predicted molar refractivity (Wildman–Crippen MR) is 118 cm³/mol. The average Bonchev–Trinajstić information content (AvgIpc) is 2.65. The standard InChI is InChI=1S/C24H36O5/c1-19(10-6-12-21(3)16-17-25)8-5-9-20(2)11-7-13-22(4)18-29-24(28)15-14-23(26)27/h9-10,13-16,25H,5-8,11-12,17-18H2,1-4H3,(H,26,27)/b15-14+,19-10+,20-9+,21-16+,22-13+. The third-order valence-corrected chi connectivity index (χ3v) is 4.34. The van der Waals surface area contributed by atoms with Crippen molar-refractivity contribution in [1.29, 1.82) is 0 Å². The van der Waals surface area contributed by atoms with E-state index in [-0.39, 0.29) is 13.2 Å². The molecule has 0 bridgehead atoms. The van der Waals surface area contributed by atoms with Crippen molar-refractivity contribution < 1.29 is 24.5 Å². The number of aliphatic hydroxyl groups excluding tert-OH is 1. The first kappa shape index (κ1) is 26.6. The van der Waals surface area contributed by atoms with Crippen LogP contribution in [0.4, 0.5) is 0 Å². The second-order valence-corrected chi connectivity index (χ2v) is 7.28. The number of hydrogen-bond donors (Lipinski definition) is 2. The van der Waals surface area contributed by atoms with E-state index in [9.17, 15) is 9.59 Å². The van der Waals surface area contributed by atoms with Gasteiger partial charge in [0.05, 0.1) is 6.61 Å². The van der Waals surface area contributed by atoms with E-state index in [0.29, 0.717) is 0 Å². The van der Waals surface area contributed by atoms with Crippen LogP contribution in [0.5, 0.6) is 0 Å². The lowest BCUT2D eigenvalue weighted by Crippen LogP contribution is -2.04. The summed E-state index contributed by atoms with van der Waals surface area (Å²) in [4.78, 5) is 21.6. The molecule has 0 atom stereocenters. The van der Waals surface area contributed by atoms with Crippen LogP contribution in [-0.2, 0) is 14.3 Å². The molecule has 0 fully saturated rings. The largest absolute Gasteiger partial charge is 0.478 e. The van der Waals surface area contributed by atoms with Gasteiger partial charge < -0.3 is 14.9 Å². The third-order valence-electron chi connectivity index (χ3n) is 4.34. The number of aliphatic carboxylic acids is 1. The van der Waals surface area contributed by atoms with Crippen LogP contribution in [0.25, 0.3) is 0 Å². The molecule has 0 aliphatic rings. The summed E-state index contributed by atoms with van der Waals surface area (Å²) in [5.41, 5.74) is 4.90. The number of carboxylic acid groups (broad SMARTS) is 1. The van der Waals surface area contributed by atoms with Crippen molar-refractivity contribution in [1.82, 2.24) is 0 Å². The lowest BCUT2D eigenvalue weighted by atomic mass is 10.0. The number of carbonyl (C=O) groups is 2. The fourth-order valence-electron chi connectivity index (χ4n) is 2.53. The summed E-state index contributed by atoms with van der Waals surface area (Å²) in [6.45, 7) is 8.50. The van der Waals surface area contributed by atoms with Crippen molar-refractivity contribution >= 4 is 11.9 Å². The lowest BCUT2D eigenvalue weighted by molar-refractivity contribution is -0.137. The Morgan fingerprint density at radius 3 is 1.62 bits per heavy atom. The number of rotatable bonds is 14. The highest BCUT2D eigenvalue weighted by Gasteiger charge is 1.99. The first-order valence-electron chi connectivity index (χ1n) is 10.1. The van der Waals surface area contributed by atoms with Crippen LogP contribution >= 0.6 is 0 Å². The van der Waals surface area contributed by atoms with Gasteiger partial charge in [0.1, 0.15) is 6.61 Å². The molecule has 0 saturated heterocycles. The predicted octanol–water partition coefficient (Wildman–Crippen LogP) is 5.29. The number of carboxylic acids is 1. The van der Waals surface area contributed by atoms with E-state index in [1.165, 1.54) is 16.7 Å². The Labute approximate surface area is 175 Å². The fourth-order valence-corrected chi connectivity index (χ4v) is 2.53. The minimum absolute atomic E-state index is 0.114. The van der Waals surface area contributed by atoms with Crippen molar-refractivity contribution in [2.75, 3.05) is 13.2 Å². The van der Waals surface area contributed by atoms with Crippen molar-refractivity contribution in [2.24, 2.45) is 0 Å². The zero-order valence-corrected chi connectivity index (χ0v) is 18.2. The van der Waals surface area contributed by atoms with Gasteiger partial charge in [-0.3, -0.25) is 0 Å². The monoisotopic (exact) mass is 404 g/mol. The van der Waals surface area contributed by atoms with Crippen molar-refractivity contribution in [3.8, 4) is 0 Å². The quantitative estimate of drug-likeness (QED) is 0.233. The molecular weight excluding hydrogens is 368 g/mol. The van der Waals surface area contributed by atoms with Gasteiger partial charge in [-0.15, -0.1) is 0 Å². The fraction of sp³-hybridized carbons (Fsp3) is 0.500. The molecular formula is C24H36O5. The van der Waals surface area contributed by atoms with Gasteiger partial charge in [-0.1, -0.05) is 41.0 Å². The lowest BCUT2D eigenvalue weighted by Gasteiger charge is -2.04. The molecule has 0 aromatic rings. The van der Waals surface area contributed by atoms with Crippen molar-refractivity contribution in [3.05, 3.63) is 58.7 Å². The maximum Gasteiger partial charge on any atom is 0.331 e. The molecule has 0 spiro atoms. The van der Waals surface area contributed by atoms with Gasteiger partial charge in [-0.2, -0.15) is 0 Å². The molecule has 0 aliphatic heterocycles. The minimum Gasteiger partial charge on any atom is -0.478 e. The third kappa shape index (κ3) is 17.4. The Hall–Kier alpha value is -2.40. The van der Waals surface area contributed by atoms with Crippen molar-refractivity contribution in [3.63, 3.8) is 0 Å². The first-order chi connectivity index (χ1) is 13.7. The zero-order valence-electron chi connectivity index (χ0n) is 18.2. The normalized spacial score (nSPS) is 13.8. The van der Waals surface area contributed by atoms with Crippen LogP contribution in [0.2, 0.25) is 0 Å². The van der Waals surface area contributed by atoms with Gasteiger partial charge in [0.2, 0.25) is 0 Å². The van der Waals surface area contributed by atoms with Crippen LogP contribution in [0, 0.1) is 0 Å². The van der Waals surface area contributed by atoms with E-state index >= 15 is 0 Å². The van der Waals surface area contributed by atoms with Gasteiger partial charge in [0.15, 0.2) is 0 Å². The molecule has 0 aliphatic carbocycles. The molecule has 162 valence electrons. The van der Waals surface area contributed by atoms with Gasteiger partial charge in [0.25, 0.3) is 0 Å². The Kier molecular flexibility index (Phi) is 15.2. The molecule has 0 rings (SSSR count). The summed E-state index contributed by atoms with van der Waals surface area (Å²) >= 11 is 0. The molecule has 0 unspecified atom stereocenters. The topological polar surface area (TPSA) is 83.8 Å². The van der Waals surface area contributed by atoms with Crippen LogP contribution in [0.1, 0.15) is 66.2 Å². The molecule has 0 saturated carbocycles. The number of ether oxygens (including phenoxy) is 1. The number of aliphatic hydroxyl groups is 1. The van der Waals surface area contributed by atoms with Crippen LogP contribution in [0.3, 0.4) is 0 Å². The Bertz CT molecular complexity index is 663. The summed E-state index contributed by atoms with van der Waals surface area (Å²) < 4.78 is 4.97. The highest BCUT2D eigenvalue weighted by molar-refractivity contribution is 5.90.